The van der Waals surface area contributed by atoms with Crippen LogP contribution in [0.15, 0.2) is 5.10 Å². The number of rotatable bonds is 4. The summed E-state index contributed by atoms with van der Waals surface area (Å²) in [5.74, 6) is -1.48. The zero-order valence-electron chi connectivity index (χ0n) is 11.9. The Hall–Kier alpha value is -1.96. The second-order valence-corrected chi connectivity index (χ2v) is 5.34. The van der Waals surface area contributed by atoms with Crippen LogP contribution in [-0.2, 0) is 19.1 Å². The van der Waals surface area contributed by atoms with Gasteiger partial charge in [0.25, 0.3) is 5.91 Å². The zero-order chi connectivity index (χ0) is 15.5. The van der Waals surface area contributed by atoms with Crippen molar-refractivity contribution in [2.75, 3.05) is 26.8 Å². The number of hydrogen-bond donors (Lipinski definition) is 2. The molecular weight excluding hydrogens is 278 g/mol. The summed E-state index contributed by atoms with van der Waals surface area (Å²) in [5.41, 5.74) is -0.727. The molecule has 0 unspecified atom stereocenters. The van der Waals surface area contributed by atoms with Crippen LogP contribution in [0, 0.1) is 5.41 Å². The summed E-state index contributed by atoms with van der Waals surface area (Å²) in [6, 6.07) is 0. The molecule has 2 N–H and O–H groups in total. The third kappa shape index (κ3) is 3.38. The molecule has 0 saturated carbocycles. The van der Waals surface area contributed by atoms with E-state index in [2.05, 4.69) is 10.4 Å². The lowest BCUT2D eigenvalue weighted by Gasteiger charge is -2.33. The zero-order valence-corrected chi connectivity index (χ0v) is 11.9. The van der Waals surface area contributed by atoms with Crippen molar-refractivity contribution < 1.29 is 24.2 Å². The molecule has 1 saturated heterocycles. The summed E-state index contributed by atoms with van der Waals surface area (Å²) in [7, 11) is 1.49. The molecule has 2 aliphatic heterocycles. The van der Waals surface area contributed by atoms with E-state index in [-0.39, 0.29) is 31.0 Å². The fraction of sp³-hybridized carbons (Fsp3) is 0.692. The molecule has 116 valence electrons. The highest BCUT2D eigenvalue weighted by atomic mass is 16.5. The second-order valence-electron chi connectivity index (χ2n) is 5.34. The van der Waals surface area contributed by atoms with Gasteiger partial charge in [0.1, 0.15) is 5.71 Å². The van der Waals surface area contributed by atoms with Gasteiger partial charge in [-0.25, -0.2) is 5.01 Å². The Bertz CT molecular complexity index is 482. The monoisotopic (exact) mass is 297 g/mol. The minimum atomic E-state index is -0.981. The van der Waals surface area contributed by atoms with Gasteiger partial charge in [0.2, 0.25) is 5.91 Å². The average molecular weight is 297 g/mol. The molecular formula is C13H19N3O5. The standard InChI is InChI=1S/C13H19N3O5/c1-16-10(17)3-2-9(15-16)11(18)14-8-13(12(19)20)4-6-21-7-5-13/h2-8H2,1H3,(H,14,18)(H,19,20). The summed E-state index contributed by atoms with van der Waals surface area (Å²) in [6.07, 6.45) is 1.25. The van der Waals surface area contributed by atoms with E-state index in [1.807, 2.05) is 0 Å². The lowest BCUT2D eigenvalue weighted by molar-refractivity contribution is -0.154. The average Bonchev–Trinajstić information content (AvgIpc) is 2.48. The van der Waals surface area contributed by atoms with Gasteiger partial charge >= 0.3 is 5.97 Å². The van der Waals surface area contributed by atoms with Gasteiger partial charge < -0.3 is 15.2 Å². The molecule has 2 amide bonds. The molecule has 21 heavy (non-hydrogen) atoms. The van der Waals surface area contributed by atoms with E-state index in [1.165, 1.54) is 7.05 Å². The molecule has 0 spiro atoms. The largest absolute Gasteiger partial charge is 0.481 e. The normalized spacial score (nSPS) is 21.7. The summed E-state index contributed by atoms with van der Waals surface area (Å²) in [6.45, 7) is 0.794. The van der Waals surface area contributed by atoms with Crippen LogP contribution < -0.4 is 5.32 Å². The summed E-state index contributed by atoms with van der Waals surface area (Å²) in [5, 5.41) is 17.1. The Morgan fingerprint density at radius 1 is 1.38 bits per heavy atom. The predicted molar refractivity (Wildman–Crippen MR) is 72.6 cm³/mol. The van der Waals surface area contributed by atoms with Crippen LogP contribution in [0.2, 0.25) is 0 Å². The van der Waals surface area contributed by atoms with Crippen molar-refractivity contribution in [2.24, 2.45) is 10.5 Å². The van der Waals surface area contributed by atoms with E-state index in [0.717, 1.165) is 5.01 Å². The van der Waals surface area contributed by atoms with Crippen molar-refractivity contribution >= 4 is 23.5 Å². The fourth-order valence-electron chi connectivity index (χ4n) is 2.41. The van der Waals surface area contributed by atoms with Gasteiger partial charge in [-0.2, -0.15) is 5.10 Å². The van der Waals surface area contributed by atoms with Crippen molar-refractivity contribution in [3.63, 3.8) is 0 Å². The Balaban J connectivity index is 1.98. The third-order valence-electron chi connectivity index (χ3n) is 3.96. The number of carbonyl (C=O) groups excluding carboxylic acids is 2. The molecule has 0 aromatic heterocycles. The molecule has 0 atom stereocenters. The van der Waals surface area contributed by atoms with Crippen LogP contribution >= 0.6 is 0 Å². The van der Waals surface area contributed by atoms with Gasteiger partial charge in [0.05, 0.1) is 5.41 Å². The molecule has 8 heteroatoms. The second kappa shape index (κ2) is 6.21. The molecule has 1 fully saturated rings. The Labute approximate surface area is 122 Å². The first-order valence-corrected chi connectivity index (χ1v) is 6.88. The van der Waals surface area contributed by atoms with E-state index in [0.29, 0.717) is 26.1 Å². The van der Waals surface area contributed by atoms with Crippen molar-refractivity contribution in [3.05, 3.63) is 0 Å². The number of hydrogen-bond acceptors (Lipinski definition) is 5. The minimum absolute atomic E-state index is 0.0429. The first-order valence-electron chi connectivity index (χ1n) is 6.88. The van der Waals surface area contributed by atoms with Crippen LogP contribution in [0.4, 0.5) is 0 Å². The Morgan fingerprint density at radius 3 is 2.62 bits per heavy atom. The number of carbonyl (C=O) groups is 3. The van der Waals surface area contributed by atoms with E-state index < -0.39 is 17.3 Å². The van der Waals surface area contributed by atoms with Crippen molar-refractivity contribution in [1.82, 2.24) is 10.3 Å². The molecule has 0 aromatic carbocycles. The van der Waals surface area contributed by atoms with Crippen molar-refractivity contribution in [3.8, 4) is 0 Å². The van der Waals surface area contributed by atoms with E-state index in [1.54, 1.807) is 0 Å². The highest BCUT2D eigenvalue weighted by molar-refractivity contribution is 6.39. The van der Waals surface area contributed by atoms with E-state index >= 15 is 0 Å². The molecule has 2 rings (SSSR count). The van der Waals surface area contributed by atoms with Gasteiger partial charge in [-0.15, -0.1) is 0 Å². The number of amides is 2. The third-order valence-corrected chi connectivity index (χ3v) is 3.96. The van der Waals surface area contributed by atoms with Gasteiger partial charge in [0, 0.05) is 39.6 Å². The van der Waals surface area contributed by atoms with Gasteiger partial charge in [-0.1, -0.05) is 0 Å². The predicted octanol–water partition coefficient (Wildman–Crippen LogP) is -0.408. The molecule has 8 nitrogen and oxygen atoms in total. The SMILES string of the molecule is CN1N=C(C(=O)NCC2(C(=O)O)CCOCC2)CCC1=O. The molecule has 2 aliphatic rings. The number of nitrogens with zero attached hydrogens (tertiary/aromatic N) is 2. The number of carboxylic acids is 1. The molecule has 0 aromatic rings. The van der Waals surface area contributed by atoms with Gasteiger partial charge in [0.15, 0.2) is 0 Å². The first-order chi connectivity index (χ1) is 9.94. The molecule has 0 bridgehead atoms. The van der Waals surface area contributed by atoms with Gasteiger partial charge in [-0.05, 0) is 12.8 Å². The van der Waals surface area contributed by atoms with E-state index in [4.69, 9.17) is 4.74 Å². The molecule has 0 aliphatic carbocycles. The van der Waals surface area contributed by atoms with Crippen LogP contribution in [0.5, 0.6) is 0 Å². The summed E-state index contributed by atoms with van der Waals surface area (Å²) < 4.78 is 5.18. The van der Waals surface area contributed by atoms with Crippen LogP contribution in [-0.4, -0.2) is 60.4 Å². The maximum atomic E-state index is 12.1. The number of hydrazone groups is 1. The molecule has 0 radical (unpaired) electrons. The summed E-state index contributed by atoms with van der Waals surface area (Å²) in [4.78, 5) is 34.8. The quantitative estimate of drug-likeness (QED) is 0.733. The lowest BCUT2D eigenvalue weighted by atomic mass is 9.80. The number of aliphatic carboxylic acids is 1. The van der Waals surface area contributed by atoms with Crippen molar-refractivity contribution in [2.45, 2.75) is 25.7 Å². The molecule has 2 heterocycles. The smallest absolute Gasteiger partial charge is 0.311 e. The van der Waals surface area contributed by atoms with Crippen molar-refractivity contribution in [1.29, 1.82) is 0 Å². The number of nitrogens with one attached hydrogen (secondary N) is 1. The van der Waals surface area contributed by atoms with Crippen LogP contribution in [0.3, 0.4) is 0 Å². The Kier molecular flexibility index (Phi) is 4.56. The summed E-state index contributed by atoms with van der Waals surface area (Å²) >= 11 is 0. The Morgan fingerprint density at radius 2 is 2.05 bits per heavy atom. The number of ether oxygens (including phenoxy) is 1. The van der Waals surface area contributed by atoms with Crippen LogP contribution in [0.1, 0.15) is 25.7 Å². The highest BCUT2D eigenvalue weighted by Gasteiger charge is 2.40. The highest BCUT2D eigenvalue weighted by Crippen LogP contribution is 2.30. The maximum absolute atomic E-state index is 12.1. The fourth-order valence-corrected chi connectivity index (χ4v) is 2.41. The van der Waals surface area contributed by atoms with Gasteiger partial charge in [-0.3, -0.25) is 14.4 Å². The van der Waals surface area contributed by atoms with E-state index in [9.17, 15) is 19.5 Å². The van der Waals surface area contributed by atoms with Crippen LogP contribution in [0.25, 0.3) is 0 Å². The first kappa shape index (κ1) is 15.4. The lowest BCUT2D eigenvalue weighted by Crippen LogP contribution is -2.48. The topological polar surface area (TPSA) is 108 Å². The number of carboxylic acid groups (broad SMARTS) is 1. The minimum Gasteiger partial charge on any atom is -0.481 e. The maximum Gasteiger partial charge on any atom is 0.311 e.